The van der Waals surface area contributed by atoms with Gasteiger partial charge in [0.25, 0.3) is 0 Å². The molecule has 2 atom stereocenters. The molecule has 6 heteroatoms. The first-order chi connectivity index (χ1) is 6.15. The first-order valence-electron chi connectivity index (χ1n) is 3.91. The largest absolute Gasteiger partial charge is 0.388 e. The van der Waals surface area contributed by atoms with Crippen molar-refractivity contribution in [2.24, 2.45) is 0 Å². The lowest BCUT2D eigenvalue weighted by Crippen LogP contribution is -2.20. The van der Waals surface area contributed by atoms with Crippen LogP contribution in [0.25, 0.3) is 0 Å². The summed E-state index contributed by atoms with van der Waals surface area (Å²) < 4.78 is 13.4. The number of hydrogen-bond donors (Lipinski definition) is 1. The molecule has 1 aromatic rings. The molecule has 0 spiro atoms. The highest BCUT2D eigenvalue weighted by Gasteiger charge is 2.12. The Morgan fingerprint density at radius 3 is 3.00 bits per heavy atom. The number of halogens is 2. The summed E-state index contributed by atoms with van der Waals surface area (Å²) in [7, 11) is 0. The number of aliphatic hydroxyl groups is 1. The predicted molar refractivity (Wildman–Crippen MR) is 46.3 cm³/mol. The minimum absolute atomic E-state index is 0.0862. The van der Waals surface area contributed by atoms with Crippen LogP contribution >= 0.6 is 11.6 Å². The Hall–Kier alpha value is -0.680. The Bertz CT molecular complexity index is 266. The van der Waals surface area contributed by atoms with Crippen LogP contribution in [0.5, 0.6) is 0 Å². The SMILES string of the molecule is CC(Cl)c1cnnn1CC(O)CF. The Kier molecular flexibility index (Phi) is 3.62. The smallest absolute Gasteiger partial charge is 0.117 e. The van der Waals surface area contributed by atoms with E-state index in [2.05, 4.69) is 10.3 Å². The molecule has 1 rings (SSSR count). The van der Waals surface area contributed by atoms with Gasteiger partial charge in [0.15, 0.2) is 0 Å². The molecule has 1 N–H and O–H groups in total. The fraction of sp³-hybridized carbons (Fsp3) is 0.714. The van der Waals surface area contributed by atoms with Crippen LogP contribution in [0.15, 0.2) is 6.20 Å². The van der Waals surface area contributed by atoms with E-state index in [0.717, 1.165) is 0 Å². The topological polar surface area (TPSA) is 50.9 Å². The fourth-order valence-electron chi connectivity index (χ4n) is 0.964. The molecule has 13 heavy (non-hydrogen) atoms. The quantitative estimate of drug-likeness (QED) is 0.747. The second kappa shape index (κ2) is 4.53. The van der Waals surface area contributed by atoms with E-state index in [0.29, 0.717) is 5.69 Å². The number of hydrogen-bond acceptors (Lipinski definition) is 3. The number of aliphatic hydroxyl groups excluding tert-OH is 1. The molecule has 2 unspecified atom stereocenters. The van der Waals surface area contributed by atoms with Gasteiger partial charge in [-0.05, 0) is 6.92 Å². The van der Waals surface area contributed by atoms with Crippen LogP contribution in [0.4, 0.5) is 4.39 Å². The van der Waals surface area contributed by atoms with Crippen molar-refractivity contribution < 1.29 is 9.50 Å². The van der Waals surface area contributed by atoms with E-state index in [1.165, 1.54) is 10.9 Å². The molecular weight excluding hydrogens is 197 g/mol. The predicted octanol–water partition coefficient (Wildman–Crippen LogP) is 0.908. The van der Waals surface area contributed by atoms with Crippen LogP contribution in [-0.2, 0) is 6.54 Å². The minimum Gasteiger partial charge on any atom is -0.388 e. The highest BCUT2D eigenvalue weighted by Crippen LogP contribution is 2.17. The van der Waals surface area contributed by atoms with Crippen LogP contribution in [0, 0.1) is 0 Å². The van der Waals surface area contributed by atoms with Crippen molar-refractivity contribution in [3.8, 4) is 0 Å². The number of aromatic nitrogens is 3. The van der Waals surface area contributed by atoms with Gasteiger partial charge in [-0.15, -0.1) is 16.7 Å². The van der Waals surface area contributed by atoms with Gasteiger partial charge < -0.3 is 5.11 Å². The third-order valence-electron chi connectivity index (χ3n) is 1.62. The van der Waals surface area contributed by atoms with Gasteiger partial charge in [-0.25, -0.2) is 9.07 Å². The summed E-state index contributed by atoms with van der Waals surface area (Å²) in [6.45, 7) is 1.05. The molecule has 0 amide bonds. The monoisotopic (exact) mass is 207 g/mol. The second-order valence-corrected chi connectivity index (χ2v) is 3.42. The van der Waals surface area contributed by atoms with Crippen molar-refractivity contribution in [3.05, 3.63) is 11.9 Å². The zero-order chi connectivity index (χ0) is 9.84. The van der Waals surface area contributed by atoms with E-state index in [-0.39, 0.29) is 11.9 Å². The highest BCUT2D eigenvalue weighted by molar-refractivity contribution is 6.20. The second-order valence-electron chi connectivity index (χ2n) is 2.77. The molecule has 0 fully saturated rings. The summed E-state index contributed by atoms with van der Waals surface area (Å²) in [5.41, 5.74) is 0.675. The van der Waals surface area contributed by atoms with E-state index < -0.39 is 12.8 Å². The Balaban J connectivity index is 2.70. The van der Waals surface area contributed by atoms with Gasteiger partial charge in [-0.3, -0.25) is 0 Å². The molecule has 0 bridgehead atoms. The molecule has 4 nitrogen and oxygen atoms in total. The molecule has 0 aromatic carbocycles. The van der Waals surface area contributed by atoms with E-state index in [9.17, 15) is 4.39 Å². The van der Waals surface area contributed by atoms with Gasteiger partial charge >= 0.3 is 0 Å². The summed E-state index contributed by atoms with van der Waals surface area (Å²) in [6, 6.07) is 0. The van der Waals surface area contributed by atoms with Gasteiger partial charge in [0.05, 0.1) is 23.8 Å². The molecule has 1 heterocycles. The van der Waals surface area contributed by atoms with E-state index in [1.807, 2.05) is 0 Å². The normalized spacial score (nSPS) is 15.7. The fourth-order valence-corrected chi connectivity index (χ4v) is 1.13. The number of nitrogens with zero attached hydrogens (tertiary/aromatic N) is 3. The first-order valence-corrected chi connectivity index (χ1v) is 4.35. The van der Waals surface area contributed by atoms with Gasteiger partial charge in [0.1, 0.15) is 12.8 Å². The lowest BCUT2D eigenvalue weighted by Gasteiger charge is -2.09. The van der Waals surface area contributed by atoms with Crippen molar-refractivity contribution in [3.63, 3.8) is 0 Å². The number of rotatable bonds is 4. The molecule has 1 aromatic heterocycles. The number of alkyl halides is 2. The van der Waals surface area contributed by atoms with Crippen LogP contribution < -0.4 is 0 Å². The van der Waals surface area contributed by atoms with Crippen LogP contribution in [0.3, 0.4) is 0 Å². The van der Waals surface area contributed by atoms with Crippen molar-refractivity contribution in [2.75, 3.05) is 6.67 Å². The lowest BCUT2D eigenvalue weighted by atomic mass is 10.3. The standard InChI is InChI=1S/C7H11ClFN3O/c1-5(8)7-3-10-11-12(7)4-6(13)2-9/h3,5-6,13H,2,4H2,1H3. The molecule has 0 aliphatic heterocycles. The van der Waals surface area contributed by atoms with Crippen molar-refractivity contribution in [2.45, 2.75) is 24.9 Å². The molecule has 0 saturated heterocycles. The molecule has 0 radical (unpaired) electrons. The van der Waals surface area contributed by atoms with Gasteiger partial charge in [0.2, 0.25) is 0 Å². The van der Waals surface area contributed by atoms with Crippen LogP contribution in [-0.4, -0.2) is 32.9 Å². The van der Waals surface area contributed by atoms with Gasteiger partial charge in [-0.2, -0.15) is 0 Å². The van der Waals surface area contributed by atoms with Crippen molar-refractivity contribution >= 4 is 11.6 Å². The van der Waals surface area contributed by atoms with Crippen LogP contribution in [0.2, 0.25) is 0 Å². The maximum Gasteiger partial charge on any atom is 0.117 e. The summed E-state index contributed by atoms with van der Waals surface area (Å²) in [4.78, 5) is 0. The average molecular weight is 208 g/mol. The maximum absolute atomic E-state index is 12.0. The molecular formula is C7H11ClFN3O. The van der Waals surface area contributed by atoms with Crippen molar-refractivity contribution in [1.29, 1.82) is 0 Å². The third-order valence-corrected chi connectivity index (χ3v) is 1.84. The highest BCUT2D eigenvalue weighted by atomic mass is 35.5. The summed E-state index contributed by atoms with van der Waals surface area (Å²) >= 11 is 5.80. The molecule has 0 aliphatic carbocycles. The summed E-state index contributed by atoms with van der Waals surface area (Å²) in [6.07, 6.45) is 0.457. The van der Waals surface area contributed by atoms with Gasteiger partial charge in [0, 0.05) is 0 Å². The summed E-state index contributed by atoms with van der Waals surface area (Å²) in [5, 5.41) is 16.1. The van der Waals surface area contributed by atoms with E-state index in [4.69, 9.17) is 16.7 Å². The third kappa shape index (κ3) is 2.63. The molecule has 74 valence electrons. The van der Waals surface area contributed by atoms with Gasteiger partial charge in [-0.1, -0.05) is 5.21 Å². The van der Waals surface area contributed by atoms with E-state index >= 15 is 0 Å². The molecule has 0 saturated carbocycles. The Morgan fingerprint density at radius 1 is 1.77 bits per heavy atom. The minimum atomic E-state index is -1.05. The summed E-state index contributed by atoms with van der Waals surface area (Å²) in [5.74, 6) is 0. The molecule has 0 aliphatic rings. The zero-order valence-electron chi connectivity index (χ0n) is 7.19. The lowest BCUT2D eigenvalue weighted by molar-refractivity contribution is 0.116. The van der Waals surface area contributed by atoms with Crippen LogP contribution in [0.1, 0.15) is 18.0 Å². The van der Waals surface area contributed by atoms with Crippen molar-refractivity contribution in [1.82, 2.24) is 15.0 Å². The first kappa shape index (κ1) is 10.4. The Morgan fingerprint density at radius 2 is 2.46 bits per heavy atom. The Labute approximate surface area is 80.3 Å². The zero-order valence-corrected chi connectivity index (χ0v) is 7.95. The van der Waals surface area contributed by atoms with E-state index in [1.54, 1.807) is 6.92 Å². The maximum atomic E-state index is 12.0. The average Bonchev–Trinajstić information content (AvgIpc) is 2.52.